The molecule has 0 spiro atoms. The lowest BCUT2D eigenvalue weighted by atomic mass is 10.2. The molecule has 1 N–H and O–H groups in total. The number of carbonyl (C=O) groups excluding carboxylic acids is 1. The van der Waals surface area contributed by atoms with Gasteiger partial charge in [-0.1, -0.05) is 12.1 Å². The number of hydrogen-bond donors (Lipinski definition) is 1. The van der Waals surface area contributed by atoms with E-state index in [1.807, 2.05) is 36.1 Å². The molecule has 20 heavy (non-hydrogen) atoms. The van der Waals surface area contributed by atoms with Crippen LogP contribution in [0.2, 0.25) is 0 Å². The molecule has 1 aromatic rings. The molecule has 0 saturated carbocycles. The second-order valence-electron chi connectivity index (χ2n) is 5.46. The van der Waals surface area contributed by atoms with Crippen molar-refractivity contribution in [3.63, 3.8) is 0 Å². The summed E-state index contributed by atoms with van der Waals surface area (Å²) in [6.45, 7) is 7.28. The van der Waals surface area contributed by atoms with Crippen LogP contribution in [0.15, 0.2) is 24.3 Å². The predicted molar refractivity (Wildman–Crippen MR) is 80.0 cm³/mol. The van der Waals surface area contributed by atoms with Crippen molar-refractivity contribution in [2.24, 2.45) is 0 Å². The Kier molecular flexibility index (Phi) is 5.41. The van der Waals surface area contributed by atoms with Crippen molar-refractivity contribution in [2.75, 3.05) is 26.2 Å². The molecule has 1 aliphatic heterocycles. The first-order chi connectivity index (χ1) is 9.65. The molecule has 4 nitrogen and oxygen atoms in total. The third-order valence-corrected chi connectivity index (χ3v) is 3.51. The van der Waals surface area contributed by atoms with Gasteiger partial charge in [0, 0.05) is 32.1 Å². The molecular weight excluding hydrogens is 252 g/mol. The quantitative estimate of drug-likeness (QED) is 0.836. The van der Waals surface area contributed by atoms with E-state index in [2.05, 4.69) is 12.2 Å². The number of carbonyl (C=O) groups is 1. The SMILES string of the molecule is Cc1cccc(OCCCC(=O)N2CCNC(C)C2)c1. The van der Waals surface area contributed by atoms with Crippen molar-refractivity contribution in [1.82, 2.24) is 10.2 Å². The third-order valence-electron chi connectivity index (χ3n) is 3.51. The van der Waals surface area contributed by atoms with E-state index in [0.29, 0.717) is 19.1 Å². The minimum absolute atomic E-state index is 0.242. The molecule has 1 saturated heterocycles. The molecule has 0 aromatic heterocycles. The molecule has 0 bridgehead atoms. The zero-order chi connectivity index (χ0) is 14.4. The Labute approximate surface area is 121 Å². The van der Waals surface area contributed by atoms with Gasteiger partial charge in [-0.2, -0.15) is 0 Å². The van der Waals surface area contributed by atoms with Crippen LogP contribution in [0.1, 0.15) is 25.3 Å². The van der Waals surface area contributed by atoms with Gasteiger partial charge in [-0.15, -0.1) is 0 Å². The van der Waals surface area contributed by atoms with E-state index in [-0.39, 0.29) is 5.91 Å². The summed E-state index contributed by atoms with van der Waals surface area (Å²) in [6.07, 6.45) is 1.34. The number of nitrogens with one attached hydrogen (secondary N) is 1. The molecule has 1 heterocycles. The van der Waals surface area contributed by atoms with Gasteiger partial charge in [0.1, 0.15) is 5.75 Å². The molecule has 0 aliphatic carbocycles. The summed E-state index contributed by atoms with van der Waals surface area (Å²) in [7, 11) is 0. The second kappa shape index (κ2) is 7.29. The van der Waals surface area contributed by atoms with E-state index in [1.165, 1.54) is 5.56 Å². The normalized spacial score (nSPS) is 18.9. The summed E-state index contributed by atoms with van der Waals surface area (Å²) < 4.78 is 5.66. The van der Waals surface area contributed by atoms with Crippen molar-refractivity contribution < 1.29 is 9.53 Å². The average Bonchev–Trinajstić information content (AvgIpc) is 2.43. The van der Waals surface area contributed by atoms with Gasteiger partial charge < -0.3 is 15.0 Å². The van der Waals surface area contributed by atoms with Crippen molar-refractivity contribution in [3.8, 4) is 5.75 Å². The summed E-state index contributed by atoms with van der Waals surface area (Å²) in [5.41, 5.74) is 1.19. The van der Waals surface area contributed by atoms with Gasteiger partial charge in [0.25, 0.3) is 0 Å². The molecule has 1 aromatic carbocycles. The molecule has 0 radical (unpaired) electrons. The van der Waals surface area contributed by atoms with Gasteiger partial charge >= 0.3 is 0 Å². The maximum Gasteiger partial charge on any atom is 0.222 e. The zero-order valence-corrected chi connectivity index (χ0v) is 12.4. The fourth-order valence-corrected chi connectivity index (χ4v) is 2.44. The van der Waals surface area contributed by atoms with Crippen molar-refractivity contribution in [3.05, 3.63) is 29.8 Å². The highest BCUT2D eigenvalue weighted by atomic mass is 16.5. The van der Waals surface area contributed by atoms with Gasteiger partial charge in [0.15, 0.2) is 0 Å². The van der Waals surface area contributed by atoms with E-state index >= 15 is 0 Å². The van der Waals surface area contributed by atoms with Crippen LogP contribution >= 0.6 is 0 Å². The Balaban J connectivity index is 1.66. The summed E-state index contributed by atoms with van der Waals surface area (Å²) in [5, 5.41) is 3.34. The first kappa shape index (κ1) is 14.9. The largest absolute Gasteiger partial charge is 0.494 e. The molecular formula is C16H24N2O2. The molecule has 2 rings (SSSR count). The monoisotopic (exact) mass is 276 g/mol. The van der Waals surface area contributed by atoms with Crippen LogP contribution < -0.4 is 10.1 Å². The Morgan fingerprint density at radius 3 is 3.10 bits per heavy atom. The smallest absolute Gasteiger partial charge is 0.222 e. The number of amides is 1. The molecule has 1 unspecified atom stereocenters. The van der Waals surface area contributed by atoms with Crippen LogP contribution in [0, 0.1) is 6.92 Å². The van der Waals surface area contributed by atoms with E-state index < -0.39 is 0 Å². The lowest BCUT2D eigenvalue weighted by Crippen LogP contribution is -2.51. The highest BCUT2D eigenvalue weighted by molar-refractivity contribution is 5.76. The van der Waals surface area contributed by atoms with Gasteiger partial charge in [-0.3, -0.25) is 4.79 Å². The maximum absolute atomic E-state index is 12.1. The number of ether oxygens (including phenoxy) is 1. The number of hydrogen-bond acceptors (Lipinski definition) is 3. The van der Waals surface area contributed by atoms with E-state index in [4.69, 9.17) is 4.74 Å². The Morgan fingerprint density at radius 2 is 2.35 bits per heavy atom. The van der Waals surface area contributed by atoms with Crippen LogP contribution in [-0.4, -0.2) is 43.1 Å². The van der Waals surface area contributed by atoms with Gasteiger partial charge in [-0.25, -0.2) is 0 Å². The van der Waals surface area contributed by atoms with Crippen molar-refractivity contribution in [2.45, 2.75) is 32.7 Å². The average molecular weight is 276 g/mol. The maximum atomic E-state index is 12.1. The fraction of sp³-hybridized carbons (Fsp3) is 0.562. The summed E-state index contributed by atoms with van der Waals surface area (Å²) >= 11 is 0. The Hall–Kier alpha value is -1.55. The number of nitrogens with zero attached hydrogens (tertiary/aromatic N) is 1. The lowest BCUT2D eigenvalue weighted by Gasteiger charge is -2.32. The first-order valence-corrected chi connectivity index (χ1v) is 7.36. The van der Waals surface area contributed by atoms with Crippen molar-refractivity contribution in [1.29, 1.82) is 0 Å². The first-order valence-electron chi connectivity index (χ1n) is 7.36. The third kappa shape index (κ3) is 4.53. The van der Waals surface area contributed by atoms with Gasteiger partial charge in [-0.05, 0) is 38.0 Å². The highest BCUT2D eigenvalue weighted by Gasteiger charge is 2.19. The topological polar surface area (TPSA) is 41.6 Å². The lowest BCUT2D eigenvalue weighted by molar-refractivity contribution is -0.132. The fourth-order valence-electron chi connectivity index (χ4n) is 2.44. The molecule has 1 atom stereocenters. The summed E-state index contributed by atoms with van der Waals surface area (Å²) in [6, 6.07) is 8.39. The van der Waals surface area contributed by atoms with Gasteiger partial charge in [0.05, 0.1) is 6.61 Å². The minimum Gasteiger partial charge on any atom is -0.494 e. The molecule has 110 valence electrons. The standard InChI is InChI=1S/C16H24N2O2/c1-13-5-3-6-15(11-13)20-10-4-7-16(19)18-9-8-17-14(2)12-18/h3,5-6,11,14,17H,4,7-10,12H2,1-2H3. The number of rotatable bonds is 5. The summed E-state index contributed by atoms with van der Waals surface area (Å²) in [4.78, 5) is 14.0. The van der Waals surface area contributed by atoms with Crippen LogP contribution in [0.4, 0.5) is 0 Å². The predicted octanol–water partition coefficient (Wildman–Crippen LogP) is 1.97. The Bertz CT molecular complexity index is 448. The van der Waals surface area contributed by atoms with Crippen LogP contribution in [0.25, 0.3) is 0 Å². The number of aryl methyl sites for hydroxylation is 1. The molecule has 1 fully saturated rings. The zero-order valence-electron chi connectivity index (χ0n) is 12.4. The molecule has 1 aliphatic rings. The minimum atomic E-state index is 0.242. The van der Waals surface area contributed by atoms with Crippen LogP contribution in [0.5, 0.6) is 5.75 Å². The van der Waals surface area contributed by atoms with E-state index in [0.717, 1.165) is 31.8 Å². The highest BCUT2D eigenvalue weighted by Crippen LogP contribution is 2.13. The van der Waals surface area contributed by atoms with Crippen LogP contribution in [-0.2, 0) is 4.79 Å². The van der Waals surface area contributed by atoms with E-state index in [1.54, 1.807) is 0 Å². The van der Waals surface area contributed by atoms with E-state index in [9.17, 15) is 4.79 Å². The van der Waals surface area contributed by atoms with Crippen LogP contribution in [0.3, 0.4) is 0 Å². The number of benzene rings is 1. The van der Waals surface area contributed by atoms with Gasteiger partial charge in [0.2, 0.25) is 5.91 Å². The molecule has 1 amide bonds. The van der Waals surface area contributed by atoms with Crippen molar-refractivity contribution >= 4 is 5.91 Å². The number of piperazine rings is 1. The summed E-state index contributed by atoms with van der Waals surface area (Å²) in [5.74, 6) is 1.12. The Morgan fingerprint density at radius 1 is 1.50 bits per heavy atom. The molecule has 4 heteroatoms. The second-order valence-corrected chi connectivity index (χ2v) is 5.46.